The lowest BCUT2D eigenvalue weighted by Crippen LogP contribution is -2.25. The van der Waals surface area contributed by atoms with Gasteiger partial charge in [0.05, 0.1) is 13.0 Å². The number of carbonyl (C=O) groups excluding carboxylic acids is 1. The summed E-state index contributed by atoms with van der Waals surface area (Å²) in [4.78, 5) is 16.9. The summed E-state index contributed by atoms with van der Waals surface area (Å²) in [6, 6.07) is 0. The molecule has 1 aromatic rings. The molecule has 1 fully saturated rings. The van der Waals surface area contributed by atoms with Gasteiger partial charge in [0.2, 0.25) is 5.89 Å². The highest BCUT2D eigenvalue weighted by Gasteiger charge is 2.26. The molecule has 1 heterocycles. The second kappa shape index (κ2) is 14.6. The number of carbonyl (C=O) groups is 1. The molecule has 0 spiro atoms. The Morgan fingerprint density at radius 2 is 1.93 bits per heavy atom. The first kappa shape index (κ1) is 26.6. The number of hydrogen-bond donors (Lipinski definition) is 1. The molecule has 1 aliphatic rings. The second-order valence-corrected chi connectivity index (χ2v) is 9.15. The third-order valence-corrected chi connectivity index (χ3v) is 5.27. The zero-order valence-electron chi connectivity index (χ0n) is 20.3. The molecule has 1 saturated carbocycles. The minimum Gasteiger partial charge on any atom is -0.460 e. The Kier molecular flexibility index (Phi) is 12.9. The lowest BCUT2D eigenvalue weighted by Gasteiger charge is -2.23. The first-order chi connectivity index (χ1) is 14.4. The summed E-state index contributed by atoms with van der Waals surface area (Å²) in [5, 5.41) is 7.37. The normalized spacial score (nSPS) is 15.9. The van der Waals surface area contributed by atoms with Crippen molar-refractivity contribution in [3.8, 4) is 0 Å². The average Bonchev–Trinajstić information content (AvgIpc) is 3.17. The molecule has 0 aromatic carbocycles. The molecule has 1 aliphatic carbocycles. The molecule has 0 radical (unpaired) electrons. The van der Waals surface area contributed by atoms with Gasteiger partial charge in [-0.05, 0) is 46.1 Å². The van der Waals surface area contributed by atoms with Crippen LogP contribution in [0.3, 0.4) is 0 Å². The third-order valence-electron chi connectivity index (χ3n) is 5.27. The molecular weight excluding hydrogens is 378 g/mol. The van der Waals surface area contributed by atoms with Crippen LogP contribution in [-0.2, 0) is 16.1 Å². The monoisotopic (exact) mass is 423 g/mol. The molecule has 0 amide bonds. The van der Waals surface area contributed by atoms with E-state index < -0.39 is 5.60 Å². The lowest BCUT2D eigenvalue weighted by molar-refractivity contribution is -0.155. The van der Waals surface area contributed by atoms with Crippen LogP contribution in [0.4, 0.5) is 0 Å². The van der Waals surface area contributed by atoms with Crippen LogP contribution in [0.1, 0.15) is 123 Å². The predicted molar refractivity (Wildman–Crippen MR) is 121 cm³/mol. The number of aromatic nitrogens is 2. The first-order valence-electron chi connectivity index (χ1n) is 12.1. The number of nitrogens with one attached hydrogen (secondary N) is 1. The summed E-state index contributed by atoms with van der Waals surface area (Å²) in [6.07, 6.45) is 11.4. The van der Waals surface area contributed by atoms with Gasteiger partial charge < -0.3 is 14.6 Å². The van der Waals surface area contributed by atoms with Crippen molar-refractivity contribution in [1.29, 1.82) is 0 Å². The Bertz CT molecular complexity index is 574. The van der Waals surface area contributed by atoms with Crippen molar-refractivity contribution in [3.63, 3.8) is 0 Å². The zero-order valence-corrected chi connectivity index (χ0v) is 20.3. The van der Waals surface area contributed by atoms with E-state index in [0.29, 0.717) is 24.7 Å². The molecule has 0 bridgehead atoms. The van der Waals surface area contributed by atoms with E-state index in [-0.39, 0.29) is 11.9 Å². The van der Waals surface area contributed by atoms with Crippen LogP contribution in [0.15, 0.2) is 4.52 Å². The van der Waals surface area contributed by atoms with E-state index in [9.17, 15) is 4.79 Å². The van der Waals surface area contributed by atoms with E-state index in [0.717, 1.165) is 31.7 Å². The first-order valence-corrected chi connectivity index (χ1v) is 12.1. The zero-order chi connectivity index (χ0) is 22.4. The standard InChI is InChI=1S/C22H39N3O3.C2H6/c1-5-14-23-16-19-24-21(28-25-19)18(15-20(26)27-22(2,3)4)13-9-12-17-10-7-6-8-11-17;1-2/h17-18,23H,5-16H2,1-4H3;1-2H3. The number of nitrogens with zero attached hydrogens (tertiary/aromatic N) is 2. The quantitative estimate of drug-likeness (QED) is 0.339. The van der Waals surface area contributed by atoms with E-state index in [1.54, 1.807) is 0 Å². The minimum atomic E-state index is -0.478. The molecular formula is C24H45N3O3. The van der Waals surface area contributed by atoms with Gasteiger partial charge in [-0.25, -0.2) is 0 Å². The highest BCUT2D eigenvalue weighted by molar-refractivity contribution is 5.70. The van der Waals surface area contributed by atoms with Crippen LogP contribution >= 0.6 is 0 Å². The fourth-order valence-electron chi connectivity index (χ4n) is 3.91. The third kappa shape index (κ3) is 11.1. The van der Waals surface area contributed by atoms with Crippen molar-refractivity contribution in [3.05, 3.63) is 11.7 Å². The minimum absolute atomic E-state index is 0.0640. The molecule has 6 nitrogen and oxygen atoms in total. The maximum atomic E-state index is 12.4. The van der Waals surface area contributed by atoms with Gasteiger partial charge in [0.1, 0.15) is 5.60 Å². The smallest absolute Gasteiger partial charge is 0.307 e. The van der Waals surface area contributed by atoms with E-state index in [2.05, 4.69) is 22.4 Å². The van der Waals surface area contributed by atoms with Gasteiger partial charge in [-0.15, -0.1) is 0 Å². The molecule has 1 aromatic heterocycles. The molecule has 1 N–H and O–H groups in total. The van der Waals surface area contributed by atoms with Crippen LogP contribution in [0.5, 0.6) is 0 Å². The molecule has 174 valence electrons. The Labute approximate surface area is 183 Å². The van der Waals surface area contributed by atoms with Gasteiger partial charge in [-0.2, -0.15) is 4.98 Å². The van der Waals surface area contributed by atoms with Crippen molar-refractivity contribution in [2.45, 2.75) is 124 Å². The van der Waals surface area contributed by atoms with E-state index in [1.807, 2.05) is 34.6 Å². The van der Waals surface area contributed by atoms with Crippen molar-refractivity contribution in [2.24, 2.45) is 5.92 Å². The average molecular weight is 424 g/mol. The van der Waals surface area contributed by atoms with Gasteiger partial charge in [0, 0.05) is 5.92 Å². The van der Waals surface area contributed by atoms with Crippen LogP contribution in [0.25, 0.3) is 0 Å². The summed E-state index contributed by atoms with van der Waals surface area (Å²) < 4.78 is 11.1. The molecule has 2 rings (SSSR count). The van der Waals surface area contributed by atoms with Gasteiger partial charge in [0.25, 0.3) is 0 Å². The van der Waals surface area contributed by atoms with Gasteiger partial charge in [-0.1, -0.05) is 70.9 Å². The molecule has 6 heteroatoms. The highest BCUT2D eigenvalue weighted by Crippen LogP contribution is 2.31. The lowest BCUT2D eigenvalue weighted by atomic mass is 9.84. The number of ether oxygens (including phenoxy) is 1. The number of hydrogen-bond acceptors (Lipinski definition) is 6. The highest BCUT2D eigenvalue weighted by atomic mass is 16.6. The van der Waals surface area contributed by atoms with Gasteiger partial charge >= 0.3 is 5.97 Å². The SMILES string of the molecule is CC.CCCNCc1noc(C(CCCC2CCCCC2)CC(=O)OC(C)(C)C)n1. The summed E-state index contributed by atoms with van der Waals surface area (Å²) in [7, 11) is 0. The summed E-state index contributed by atoms with van der Waals surface area (Å²) in [5.41, 5.74) is -0.478. The summed E-state index contributed by atoms with van der Waals surface area (Å²) in [6.45, 7) is 13.3. The number of esters is 1. The summed E-state index contributed by atoms with van der Waals surface area (Å²) in [5.74, 6) is 1.81. The van der Waals surface area contributed by atoms with E-state index >= 15 is 0 Å². The van der Waals surface area contributed by atoms with Crippen molar-refractivity contribution < 1.29 is 14.1 Å². The van der Waals surface area contributed by atoms with E-state index in [1.165, 1.54) is 38.5 Å². The maximum absolute atomic E-state index is 12.4. The Morgan fingerprint density at radius 1 is 1.23 bits per heavy atom. The molecule has 30 heavy (non-hydrogen) atoms. The van der Waals surface area contributed by atoms with Crippen molar-refractivity contribution in [2.75, 3.05) is 6.54 Å². The fraction of sp³-hybridized carbons (Fsp3) is 0.875. The van der Waals surface area contributed by atoms with Crippen LogP contribution in [0, 0.1) is 5.92 Å². The fourth-order valence-corrected chi connectivity index (χ4v) is 3.91. The van der Waals surface area contributed by atoms with E-state index in [4.69, 9.17) is 9.26 Å². The maximum Gasteiger partial charge on any atom is 0.307 e. The van der Waals surface area contributed by atoms with Gasteiger partial charge in [0.15, 0.2) is 5.82 Å². The predicted octanol–water partition coefficient (Wildman–Crippen LogP) is 6.16. The Morgan fingerprint density at radius 3 is 2.57 bits per heavy atom. The topological polar surface area (TPSA) is 77.2 Å². The van der Waals surface area contributed by atoms with Crippen molar-refractivity contribution >= 4 is 5.97 Å². The van der Waals surface area contributed by atoms with Gasteiger partial charge in [-0.3, -0.25) is 4.79 Å². The number of rotatable bonds is 11. The van der Waals surface area contributed by atoms with Crippen LogP contribution < -0.4 is 5.32 Å². The van der Waals surface area contributed by atoms with Crippen LogP contribution in [-0.4, -0.2) is 28.3 Å². The van der Waals surface area contributed by atoms with Crippen LogP contribution in [0.2, 0.25) is 0 Å². The second-order valence-electron chi connectivity index (χ2n) is 9.15. The Hall–Kier alpha value is -1.43. The molecule has 0 saturated heterocycles. The molecule has 1 unspecified atom stereocenters. The Balaban J connectivity index is 0.00000218. The largest absolute Gasteiger partial charge is 0.460 e. The molecule has 1 atom stereocenters. The van der Waals surface area contributed by atoms with Crippen molar-refractivity contribution in [1.82, 2.24) is 15.5 Å². The molecule has 0 aliphatic heterocycles. The summed E-state index contributed by atoms with van der Waals surface area (Å²) >= 11 is 0.